The van der Waals surface area contributed by atoms with Gasteiger partial charge in [-0.3, -0.25) is 0 Å². The van der Waals surface area contributed by atoms with Gasteiger partial charge in [-0.05, 0) is 23.4 Å². The third-order valence-corrected chi connectivity index (χ3v) is 5.05. The molecule has 0 radical (unpaired) electrons. The minimum absolute atomic E-state index is 0.129. The molecule has 0 spiro atoms. The molecular weight excluding hydrogens is 298 g/mol. The number of benzene rings is 1. The smallest absolute Gasteiger partial charge is 0.170 e. The summed E-state index contributed by atoms with van der Waals surface area (Å²) in [4.78, 5) is 2.01. The second kappa shape index (κ2) is 5.85. The summed E-state index contributed by atoms with van der Waals surface area (Å²) >= 11 is 0. The Bertz CT molecular complexity index is 817. The van der Waals surface area contributed by atoms with Gasteiger partial charge in [0.05, 0.1) is 29.8 Å². The lowest BCUT2D eigenvalue weighted by atomic mass is 9.56. The van der Waals surface area contributed by atoms with Crippen LogP contribution in [0.25, 0.3) is 0 Å². The summed E-state index contributed by atoms with van der Waals surface area (Å²) < 4.78 is 0. The van der Waals surface area contributed by atoms with Crippen molar-refractivity contribution in [2.24, 2.45) is 17.1 Å². The first kappa shape index (κ1) is 15.8. The number of nitriles is 3. The molecule has 2 aliphatic rings. The monoisotopic (exact) mass is 315 g/mol. The highest BCUT2D eigenvalue weighted by molar-refractivity contribution is 5.53. The Kier molecular flexibility index (Phi) is 3.86. The lowest BCUT2D eigenvalue weighted by Gasteiger charge is -2.46. The van der Waals surface area contributed by atoms with Crippen molar-refractivity contribution in [3.8, 4) is 18.2 Å². The second-order valence-corrected chi connectivity index (χ2v) is 6.30. The minimum Gasteiger partial charge on any atom is -0.380 e. The van der Waals surface area contributed by atoms with E-state index < -0.39 is 11.5 Å². The molecule has 0 amide bonds. The number of fused-ring (bicyclic) bond motifs is 1. The fourth-order valence-corrected chi connectivity index (χ4v) is 3.89. The van der Waals surface area contributed by atoms with E-state index in [4.69, 9.17) is 5.73 Å². The van der Waals surface area contributed by atoms with Crippen LogP contribution >= 0.6 is 0 Å². The minimum atomic E-state index is -1.47. The summed E-state index contributed by atoms with van der Waals surface area (Å²) in [6.07, 6.45) is 3.80. The molecule has 1 heterocycles. The molecule has 24 heavy (non-hydrogen) atoms. The van der Waals surface area contributed by atoms with Crippen molar-refractivity contribution in [2.75, 3.05) is 13.6 Å². The topological polar surface area (TPSA) is 101 Å². The Morgan fingerprint density at radius 1 is 1.17 bits per heavy atom. The zero-order valence-corrected chi connectivity index (χ0v) is 13.3. The Hall–Kier alpha value is -3.07. The number of hydrogen-bond donors (Lipinski definition) is 1. The number of nitrogens with two attached hydrogens (primary N) is 1. The molecule has 0 saturated heterocycles. The van der Waals surface area contributed by atoms with Gasteiger partial charge in [0.25, 0.3) is 0 Å². The van der Waals surface area contributed by atoms with Crippen LogP contribution in [0.4, 0.5) is 0 Å². The molecule has 3 atom stereocenters. The van der Waals surface area contributed by atoms with E-state index in [0.29, 0.717) is 12.1 Å². The van der Waals surface area contributed by atoms with Gasteiger partial charge in [-0.1, -0.05) is 30.3 Å². The summed E-state index contributed by atoms with van der Waals surface area (Å²) in [6, 6.07) is 15.1. The first-order chi connectivity index (χ1) is 11.6. The molecule has 0 unspecified atom stereocenters. The van der Waals surface area contributed by atoms with Crippen LogP contribution in [0.3, 0.4) is 0 Å². The van der Waals surface area contributed by atoms with Crippen molar-refractivity contribution >= 4 is 0 Å². The molecule has 1 aromatic rings. The van der Waals surface area contributed by atoms with Crippen LogP contribution in [0.2, 0.25) is 0 Å². The lowest BCUT2D eigenvalue weighted by molar-refractivity contribution is 0.229. The molecule has 118 valence electrons. The van der Waals surface area contributed by atoms with Gasteiger partial charge in [-0.2, -0.15) is 15.8 Å². The highest BCUT2D eigenvalue weighted by atomic mass is 15.1. The number of hydrogen-bond acceptors (Lipinski definition) is 5. The van der Waals surface area contributed by atoms with Crippen LogP contribution in [-0.2, 0) is 0 Å². The second-order valence-electron chi connectivity index (χ2n) is 6.30. The van der Waals surface area contributed by atoms with E-state index in [2.05, 4.69) is 18.2 Å². The van der Waals surface area contributed by atoms with Gasteiger partial charge in [0.15, 0.2) is 5.41 Å². The van der Waals surface area contributed by atoms with E-state index in [1.165, 1.54) is 0 Å². The molecule has 1 aliphatic heterocycles. The van der Waals surface area contributed by atoms with Crippen LogP contribution in [0.5, 0.6) is 0 Å². The van der Waals surface area contributed by atoms with Crippen LogP contribution in [0, 0.1) is 45.3 Å². The van der Waals surface area contributed by atoms with Gasteiger partial charge >= 0.3 is 0 Å². The van der Waals surface area contributed by atoms with Gasteiger partial charge in [-0.25, -0.2) is 0 Å². The summed E-state index contributed by atoms with van der Waals surface area (Å²) in [5, 5.41) is 29.4. The Labute approximate surface area is 141 Å². The van der Waals surface area contributed by atoms with Crippen LogP contribution < -0.4 is 5.73 Å². The number of allylic oxidation sites excluding steroid dienone is 1. The molecule has 5 heteroatoms. The van der Waals surface area contributed by atoms with Crippen LogP contribution in [0.15, 0.2) is 53.8 Å². The van der Waals surface area contributed by atoms with E-state index in [0.717, 1.165) is 11.1 Å². The quantitative estimate of drug-likeness (QED) is 0.854. The highest BCUT2D eigenvalue weighted by Gasteiger charge is 2.55. The van der Waals surface area contributed by atoms with E-state index in [-0.39, 0.29) is 11.8 Å². The van der Waals surface area contributed by atoms with Crippen molar-refractivity contribution in [2.45, 2.75) is 12.0 Å². The molecular formula is C19H17N5. The molecule has 1 aliphatic carbocycles. The maximum Gasteiger partial charge on any atom is 0.170 e. The first-order valence-electron chi connectivity index (χ1n) is 7.74. The summed E-state index contributed by atoms with van der Waals surface area (Å²) in [5.74, 6) is -0.514. The fraction of sp³-hybridized carbons (Fsp3) is 0.316. The van der Waals surface area contributed by atoms with Gasteiger partial charge in [0.2, 0.25) is 0 Å². The third kappa shape index (κ3) is 2.09. The molecule has 5 nitrogen and oxygen atoms in total. The average Bonchev–Trinajstić information content (AvgIpc) is 2.62. The van der Waals surface area contributed by atoms with Gasteiger partial charge < -0.3 is 10.6 Å². The standard InChI is InChI=1S/C19H17N5/c1-24-8-7-14-15(9-20)18(23)19(11-21,12-22)17(16(14)10-24)13-5-3-2-4-6-13/h2-8,16-18H,10,23H2,1H3/t16-,17-,18+/m1/s1. The van der Waals surface area contributed by atoms with Crippen LogP contribution in [-0.4, -0.2) is 24.5 Å². The van der Waals surface area contributed by atoms with Crippen LogP contribution in [0.1, 0.15) is 11.5 Å². The number of nitrogens with zero attached hydrogens (tertiary/aromatic N) is 4. The third-order valence-electron chi connectivity index (χ3n) is 5.05. The predicted octanol–water partition coefficient (Wildman–Crippen LogP) is 2.04. The van der Waals surface area contributed by atoms with E-state index >= 15 is 0 Å². The molecule has 0 bridgehead atoms. The SMILES string of the molecule is CN1C=CC2=C(C#N)[C@H](N)C(C#N)(C#N)[C@H](c3ccccc3)[C@@H]2C1. The zero-order chi connectivity index (χ0) is 17.3. The van der Waals surface area contributed by atoms with E-state index in [1.54, 1.807) is 0 Å². The molecule has 2 N–H and O–H groups in total. The van der Waals surface area contributed by atoms with E-state index in [9.17, 15) is 15.8 Å². The number of rotatable bonds is 1. The predicted molar refractivity (Wildman–Crippen MR) is 88.7 cm³/mol. The normalized spacial score (nSPS) is 27.6. The molecule has 3 rings (SSSR count). The maximum absolute atomic E-state index is 9.90. The van der Waals surface area contributed by atoms with Crippen molar-refractivity contribution < 1.29 is 0 Å². The fourth-order valence-electron chi connectivity index (χ4n) is 3.89. The van der Waals surface area contributed by atoms with Crippen molar-refractivity contribution in [1.29, 1.82) is 15.8 Å². The molecule has 1 aromatic carbocycles. The van der Waals surface area contributed by atoms with Crippen molar-refractivity contribution in [1.82, 2.24) is 4.90 Å². The van der Waals surface area contributed by atoms with Crippen molar-refractivity contribution in [3.63, 3.8) is 0 Å². The van der Waals surface area contributed by atoms with Gasteiger partial charge in [0, 0.05) is 25.4 Å². The summed E-state index contributed by atoms with van der Waals surface area (Å²) in [7, 11) is 1.94. The Morgan fingerprint density at radius 3 is 2.42 bits per heavy atom. The summed E-state index contributed by atoms with van der Waals surface area (Å²) in [5.41, 5.74) is 6.92. The zero-order valence-electron chi connectivity index (χ0n) is 13.3. The summed E-state index contributed by atoms with van der Waals surface area (Å²) in [6.45, 7) is 0.633. The van der Waals surface area contributed by atoms with E-state index in [1.807, 2.05) is 54.6 Å². The molecule has 0 saturated carbocycles. The average molecular weight is 315 g/mol. The highest BCUT2D eigenvalue weighted by Crippen LogP contribution is 2.52. The Balaban J connectivity index is 2.31. The largest absolute Gasteiger partial charge is 0.380 e. The lowest BCUT2D eigenvalue weighted by Crippen LogP contribution is -2.53. The maximum atomic E-state index is 9.90. The Morgan fingerprint density at radius 2 is 1.83 bits per heavy atom. The molecule has 0 fully saturated rings. The van der Waals surface area contributed by atoms with Gasteiger partial charge in [0.1, 0.15) is 0 Å². The molecule has 0 aromatic heterocycles. The first-order valence-corrected chi connectivity index (χ1v) is 7.74. The van der Waals surface area contributed by atoms with Gasteiger partial charge in [-0.15, -0.1) is 0 Å². The van der Waals surface area contributed by atoms with Crippen molar-refractivity contribution in [3.05, 3.63) is 59.3 Å².